The molecule has 3 rings (SSSR count). The summed E-state index contributed by atoms with van der Waals surface area (Å²) in [5.41, 5.74) is 1.20. The number of likely N-dealkylation sites (N-methyl/N-ethyl adjacent to an activating group) is 1. The Balaban J connectivity index is 1.43. The van der Waals surface area contributed by atoms with E-state index in [1.807, 2.05) is 25.2 Å². The number of benzene rings is 1. The first-order valence-electron chi connectivity index (χ1n) is 9.41. The van der Waals surface area contributed by atoms with E-state index in [0.29, 0.717) is 6.04 Å². The summed E-state index contributed by atoms with van der Waals surface area (Å²) in [5, 5.41) is 7.82. The topological polar surface area (TPSA) is 42.9 Å². The lowest BCUT2D eigenvalue weighted by Gasteiger charge is -2.22. The van der Waals surface area contributed by atoms with Crippen molar-refractivity contribution >= 4 is 23.2 Å². The SMILES string of the molecule is CCN(CCNC(=NC)NC1CCN(c2cccc(Cl)c2)C1)C1CC1. The maximum atomic E-state index is 6.11. The van der Waals surface area contributed by atoms with Crippen molar-refractivity contribution in [2.75, 3.05) is 44.7 Å². The molecule has 1 atom stereocenters. The van der Waals surface area contributed by atoms with Crippen molar-refractivity contribution in [2.24, 2.45) is 4.99 Å². The lowest BCUT2D eigenvalue weighted by Crippen LogP contribution is -2.46. The maximum absolute atomic E-state index is 6.11. The Hall–Kier alpha value is -1.46. The van der Waals surface area contributed by atoms with Crippen LogP contribution in [0.15, 0.2) is 29.3 Å². The Morgan fingerprint density at radius 3 is 2.88 bits per heavy atom. The van der Waals surface area contributed by atoms with Crippen LogP contribution in [0.4, 0.5) is 5.69 Å². The molecule has 6 heteroatoms. The van der Waals surface area contributed by atoms with Gasteiger partial charge in [0.25, 0.3) is 0 Å². The largest absolute Gasteiger partial charge is 0.369 e. The van der Waals surface area contributed by atoms with Crippen molar-refractivity contribution in [2.45, 2.75) is 38.3 Å². The molecule has 138 valence electrons. The van der Waals surface area contributed by atoms with Gasteiger partial charge in [0.05, 0.1) is 0 Å². The number of rotatable bonds is 7. The van der Waals surface area contributed by atoms with Crippen LogP contribution in [0, 0.1) is 0 Å². The standard InChI is InChI=1S/C19H30ClN5/c1-3-24(17-7-8-17)12-10-22-19(21-2)23-16-9-11-25(14-16)18-6-4-5-15(20)13-18/h4-6,13,16-17H,3,7-12,14H2,1-2H3,(H2,21,22,23). The van der Waals surface area contributed by atoms with Gasteiger partial charge >= 0.3 is 0 Å². The second-order valence-electron chi connectivity index (χ2n) is 6.91. The molecular weight excluding hydrogens is 334 g/mol. The van der Waals surface area contributed by atoms with Crippen LogP contribution in [0.1, 0.15) is 26.2 Å². The molecule has 0 spiro atoms. The predicted molar refractivity (Wildman–Crippen MR) is 107 cm³/mol. The minimum absolute atomic E-state index is 0.413. The Morgan fingerprint density at radius 2 is 2.20 bits per heavy atom. The zero-order valence-corrected chi connectivity index (χ0v) is 16.1. The predicted octanol–water partition coefficient (Wildman–Crippen LogP) is 2.57. The van der Waals surface area contributed by atoms with Crippen molar-refractivity contribution in [3.05, 3.63) is 29.3 Å². The van der Waals surface area contributed by atoms with Gasteiger partial charge in [-0.05, 0) is 44.0 Å². The molecule has 0 radical (unpaired) electrons. The van der Waals surface area contributed by atoms with Gasteiger partial charge in [-0.1, -0.05) is 24.6 Å². The number of hydrogen-bond acceptors (Lipinski definition) is 3. The van der Waals surface area contributed by atoms with E-state index in [4.69, 9.17) is 11.6 Å². The average Bonchev–Trinajstić information content (AvgIpc) is 3.35. The number of nitrogens with zero attached hydrogens (tertiary/aromatic N) is 3. The summed E-state index contributed by atoms with van der Waals surface area (Å²) in [4.78, 5) is 9.31. The Bertz CT molecular complexity index is 587. The first kappa shape index (κ1) is 18.3. The molecule has 0 amide bonds. The molecule has 1 heterocycles. The van der Waals surface area contributed by atoms with E-state index in [0.717, 1.165) is 56.2 Å². The molecule has 25 heavy (non-hydrogen) atoms. The third kappa shape index (κ3) is 5.25. The summed E-state index contributed by atoms with van der Waals surface area (Å²) in [7, 11) is 1.84. The van der Waals surface area contributed by atoms with Crippen molar-refractivity contribution < 1.29 is 0 Å². The highest BCUT2D eigenvalue weighted by Gasteiger charge is 2.27. The van der Waals surface area contributed by atoms with Gasteiger partial charge in [0.1, 0.15) is 0 Å². The van der Waals surface area contributed by atoms with Gasteiger partial charge in [-0.2, -0.15) is 0 Å². The first-order valence-corrected chi connectivity index (χ1v) is 9.79. The summed E-state index contributed by atoms with van der Waals surface area (Å²) in [6.07, 6.45) is 3.83. The quantitative estimate of drug-likeness (QED) is 0.577. The molecule has 2 N–H and O–H groups in total. The molecule has 2 fully saturated rings. The van der Waals surface area contributed by atoms with Gasteiger partial charge < -0.3 is 15.5 Å². The van der Waals surface area contributed by atoms with E-state index in [2.05, 4.69) is 38.4 Å². The Kier molecular flexibility index (Phi) is 6.43. The number of aliphatic imine (C=N–C) groups is 1. The zero-order chi connectivity index (χ0) is 17.6. The summed E-state index contributed by atoms with van der Waals surface area (Å²) < 4.78 is 0. The van der Waals surface area contributed by atoms with Crippen molar-refractivity contribution in [1.82, 2.24) is 15.5 Å². The molecule has 0 bridgehead atoms. The van der Waals surface area contributed by atoms with Gasteiger partial charge in [0.2, 0.25) is 0 Å². The molecule has 1 saturated heterocycles. The second kappa shape index (κ2) is 8.77. The Labute approximate surface area is 156 Å². The number of guanidine groups is 1. The second-order valence-corrected chi connectivity index (χ2v) is 7.35. The van der Waals surface area contributed by atoms with Gasteiger partial charge in [-0.15, -0.1) is 0 Å². The molecule has 0 aromatic heterocycles. The number of anilines is 1. The van der Waals surface area contributed by atoms with Crippen LogP contribution in [0.2, 0.25) is 5.02 Å². The van der Waals surface area contributed by atoms with Crippen LogP contribution < -0.4 is 15.5 Å². The van der Waals surface area contributed by atoms with Crippen LogP contribution in [0.25, 0.3) is 0 Å². The van der Waals surface area contributed by atoms with Crippen LogP contribution in [-0.4, -0.2) is 62.7 Å². The van der Waals surface area contributed by atoms with Gasteiger partial charge in [-0.25, -0.2) is 0 Å². The number of hydrogen-bond donors (Lipinski definition) is 2. The highest BCUT2D eigenvalue weighted by Crippen LogP contribution is 2.26. The normalized spacial score (nSPS) is 21.0. The van der Waals surface area contributed by atoms with Crippen molar-refractivity contribution in [3.8, 4) is 0 Å². The van der Waals surface area contributed by atoms with Crippen molar-refractivity contribution in [1.29, 1.82) is 0 Å². The fourth-order valence-electron chi connectivity index (χ4n) is 3.53. The monoisotopic (exact) mass is 363 g/mol. The summed E-state index contributed by atoms with van der Waals surface area (Å²) in [6, 6.07) is 9.33. The third-order valence-electron chi connectivity index (χ3n) is 5.09. The average molecular weight is 364 g/mol. The zero-order valence-electron chi connectivity index (χ0n) is 15.3. The van der Waals surface area contributed by atoms with E-state index in [1.165, 1.54) is 18.5 Å². The van der Waals surface area contributed by atoms with Crippen LogP contribution >= 0.6 is 11.6 Å². The lowest BCUT2D eigenvalue weighted by molar-refractivity contribution is 0.282. The molecule has 1 aliphatic carbocycles. The van der Waals surface area contributed by atoms with E-state index >= 15 is 0 Å². The van der Waals surface area contributed by atoms with Gasteiger partial charge in [0.15, 0.2) is 5.96 Å². The molecule has 5 nitrogen and oxygen atoms in total. The fourth-order valence-corrected chi connectivity index (χ4v) is 3.71. The number of nitrogens with one attached hydrogen (secondary N) is 2. The van der Waals surface area contributed by atoms with Crippen LogP contribution in [0.5, 0.6) is 0 Å². The van der Waals surface area contributed by atoms with E-state index in [9.17, 15) is 0 Å². The summed E-state index contributed by atoms with van der Waals surface area (Å²) in [6.45, 7) is 7.42. The Morgan fingerprint density at radius 1 is 1.36 bits per heavy atom. The molecule has 1 unspecified atom stereocenters. The number of halogens is 1. The lowest BCUT2D eigenvalue weighted by atomic mass is 10.3. The van der Waals surface area contributed by atoms with Crippen LogP contribution in [-0.2, 0) is 0 Å². The minimum Gasteiger partial charge on any atom is -0.369 e. The molecule has 1 aromatic carbocycles. The van der Waals surface area contributed by atoms with E-state index in [1.54, 1.807) is 0 Å². The molecule has 1 saturated carbocycles. The highest BCUT2D eigenvalue weighted by molar-refractivity contribution is 6.30. The first-order chi connectivity index (χ1) is 12.2. The summed E-state index contributed by atoms with van der Waals surface area (Å²) in [5.74, 6) is 0.907. The maximum Gasteiger partial charge on any atom is 0.191 e. The smallest absolute Gasteiger partial charge is 0.191 e. The minimum atomic E-state index is 0.413. The van der Waals surface area contributed by atoms with E-state index in [-0.39, 0.29) is 0 Å². The third-order valence-corrected chi connectivity index (χ3v) is 5.32. The van der Waals surface area contributed by atoms with Crippen LogP contribution in [0.3, 0.4) is 0 Å². The van der Waals surface area contributed by atoms with E-state index < -0.39 is 0 Å². The fraction of sp³-hybridized carbons (Fsp3) is 0.632. The molecule has 1 aromatic rings. The summed E-state index contributed by atoms with van der Waals surface area (Å²) >= 11 is 6.11. The van der Waals surface area contributed by atoms with Crippen molar-refractivity contribution in [3.63, 3.8) is 0 Å². The molecular formula is C19H30ClN5. The molecule has 2 aliphatic rings. The molecule has 1 aliphatic heterocycles. The highest BCUT2D eigenvalue weighted by atomic mass is 35.5. The van der Waals surface area contributed by atoms with Gasteiger partial charge in [0, 0.05) is 56.0 Å². The van der Waals surface area contributed by atoms with Gasteiger partial charge in [-0.3, -0.25) is 9.89 Å².